The van der Waals surface area contributed by atoms with Gasteiger partial charge in [-0.1, -0.05) is 12.1 Å². The number of benzene rings is 2. The summed E-state index contributed by atoms with van der Waals surface area (Å²) >= 11 is 0. The first-order valence-corrected chi connectivity index (χ1v) is 7.94. The van der Waals surface area contributed by atoms with Crippen molar-refractivity contribution < 1.29 is 19.2 Å². The van der Waals surface area contributed by atoms with Gasteiger partial charge in [-0.15, -0.1) is 0 Å². The Kier molecular flexibility index (Phi) is 6.67. The van der Waals surface area contributed by atoms with Gasteiger partial charge in [0.15, 0.2) is 12.4 Å². The van der Waals surface area contributed by atoms with E-state index < -0.39 is 10.8 Å². The maximum absolute atomic E-state index is 11.8. The molecule has 8 heteroatoms. The van der Waals surface area contributed by atoms with E-state index in [0.29, 0.717) is 12.3 Å². The summed E-state index contributed by atoms with van der Waals surface area (Å²) < 4.78 is 10.6. The summed E-state index contributed by atoms with van der Waals surface area (Å²) in [6.45, 7) is 3.86. The largest absolute Gasteiger partial charge is 0.494 e. The van der Waals surface area contributed by atoms with Gasteiger partial charge >= 0.3 is 5.69 Å². The van der Waals surface area contributed by atoms with Gasteiger partial charge in [0.25, 0.3) is 5.91 Å². The Hall–Kier alpha value is -3.42. The Labute approximate surface area is 150 Å². The summed E-state index contributed by atoms with van der Waals surface area (Å²) in [4.78, 5) is 22.2. The van der Waals surface area contributed by atoms with E-state index in [9.17, 15) is 14.9 Å². The Morgan fingerprint density at radius 3 is 2.50 bits per heavy atom. The van der Waals surface area contributed by atoms with E-state index in [1.807, 2.05) is 31.2 Å². The molecule has 0 aliphatic heterocycles. The Morgan fingerprint density at radius 1 is 1.15 bits per heavy atom. The third-order valence-corrected chi connectivity index (χ3v) is 3.35. The van der Waals surface area contributed by atoms with Crippen LogP contribution in [0.15, 0.2) is 53.6 Å². The van der Waals surface area contributed by atoms with E-state index >= 15 is 0 Å². The first-order chi connectivity index (χ1) is 12.5. The van der Waals surface area contributed by atoms with Crippen LogP contribution in [0.25, 0.3) is 0 Å². The molecule has 0 unspecified atom stereocenters. The summed E-state index contributed by atoms with van der Waals surface area (Å²) in [5.41, 5.74) is 3.59. The summed E-state index contributed by atoms with van der Waals surface area (Å²) in [5.74, 6) is 0.263. The van der Waals surface area contributed by atoms with Crippen molar-refractivity contribution in [3.8, 4) is 11.5 Å². The first kappa shape index (κ1) is 18.9. The van der Waals surface area contributed by atoms with E-state index in [2.05, 4.69) is 10.5 Å². The second kappa shape index (κ2) is 9.16. The smallest absolute Gasteiger partial charge is 0.310 e. The summed E-state index contributed by atoms with van der Waals surface area (Å²) in [6, 6.07) is 13.2. The number of para-hydroxylation sites is 2. The van der Waals surface area contributed by atoms with Crippen LogP contribution in [0.5, 0.6) is 11.5 Å². The highest BCUT2D eigenvalue weighted by Gasteiger charge is 2.14. The van der Waals surface area contributed by atoms with Crippen molar-refractivity contribution in [2.75, 3.05) is 13.2 Å². The molecule has 1 N–H and O–H groups in total. The van der Waals surface area contributed by atoms with E-state index in [-0.39, 0.29) is 18.0 Å². The molecule has 0 aliphatic rings. The van der Waals surface area contributed by atoms with Crippen molar-refractivity contribution in [3.63, 3.8) is 0 Å². The van der Waals surface area contributed by atoms with E-state index in [0.717, 1.165) is 11.3 Å². The summed E-state index contributed by atoms with van der Waals surface area (Å²) in [7, 11) is 0. The average molecular weight is 357 g/mol. The molecule has 2 aromatic carbocycles. The predicted molar refractivity (Wildman–Crippen MR) is 96.6 cm³/mol. The van der Waals surface area contributed by atoms with Gasteiger partial charge in [0.2, 0.25) is 0 Å². The Morgan fingerprint density at radius 2 is 1.85 bits per heavy atom. The van der Waals surface area contributed by atoms with Crippen molar-refractivity contribution in [3.05, 3.63) is 64.2 Å². The minimum absolute atomic E-state index is 0.0277. The van der Waals surface area contributed by atoms with Crippen LogP contribution in [-0.2, 0) is 4.79 Å². The molecule has 0 heterocycles. The fraction of sp³-hybridized carbons (Fsp3) is 0.222. The third kappa shape index (κ3) is 5.30. The number of nitro benzene ring substituents is 1. The molecule has 0 saturated heterocycles. The second-order valence-corrected chi connectivity index (χ2v) is 5.20. The van der Waals surface area contributed by atoms with Crippen LogP contribution >= 0.6 is 0 Å². The number of carbonyl (C=O) groups excluding carboxylic acids is 1. The lowest BCUT2D eigenvalue weighted by Gasteiger charge is -2.07. The van der Waals surface area contributed by atoms with Gasteiger partial charge in [0, 0.05) is 6.07 Å². The quantitative estimate of drug-likeness (QED) is 0.444. The van der Waals surface area contributed by atoms with Gasteiger partial charge in [-0.2, -0.15) is 5.10 Å². The molecule has 136 valence electrons. The lowest BCUT2D eigenvalue weighted by molar-refractivity contribution is -0.385. The fourth-order valence-electron chi connectivity index (χ4n) is 2.08. The average Bonchev–Trinajstić information content (AvgIpc) is 2.65. The van der Waals surface area contributed by atoms with Gasteiger partial charge in [-0.05, 0) is 49.7 Å². The third-order valence-electron chi connectivity index (χ3n) is 3.35. The highest BCUT2D eigenvalue weighted by Crippen LogP contribution is 2.25. The molecule has 8 nitrogen and oxygen atoms in total. The monoisotopic (exact) mass is 357 g/mol. The lowest BCUT2D eigenvalue weighted by atomic mass is 10.1. The highest BCUT2D eigenvalue weighted by molar-refractivity contribution is 5.99. The molecular formula is C18H19N3O5. The minimum Gasteiger partial charge on any atom is -0.494 e. The number of nitrogens with one attached hydrogen (secondary N) is 1. The molecule has 1 amide bonds. The van der Waals surface area contributed by atoms with Gasteiger partial charge in [-0.3, -0.25) is 14.9 Å². The molecule has 0 saturated carbocycles. The first-order valence-electron chi connectivity index (χ1n) is 7.94. The molecule has 0 atom stereocenters. The van der Waals surface area contributed by atoms with Crippen LogP contribution in [0.4, 0.5) is 5.69 Å². The fourth-order valence-corrected chi connectivity index (χ4v) is 2.08. The van der Waals surface area contributed by atoms with Crippen molar-refractivity contribution in [2.24, 2.45) is 5.10 Å². The number of carbonyl (C=O) groups is 1. The van der Waals surface area contributed by atoms with Crippen molar-refractivity contribution in [1.82, 2.24) is 5.43 Å². The summed E-state index contributed by atoms with van der Waals surface area (Å²) in [5, 5.41) is 14.9. The normalized spacial score (nSPS) is 10.9. The number of hydrogen-bond acceptors (Lipinski definition) is 6. The minimum atomic E-state index is -0.568. The van der Waals surface area contributed by atoms with Crippen LogP contribution in [0.2, 0.25) is 0 Å². The highest BCUT2D eigenvalue weighted by atomic mass is 16.6. The van der Waals surface area contributed by atoms with Crippen molar-refractivity contribution >= 4 is 17.3 Å². The SMILES string of the molecule is CCOc1ccc(/C(C)=N\NC(=O)COc2ccccc2[N+](=O)[O-])cc1. The Balaban J connectivity index is 1.91. The maximum Gasteiger partial charge on any atom is 0.310 e. The van der Waals surface area contributed by atoms with Crippen LogP contribution in [-0.4, -0.2) is 29.8 Å². The van der Waals surface area contributed by atoms with Gasteiger partial charge < -0.3 is 9.47 Å². The standard InChI is InChI=1S/C18H19N3O5/c1-3-25-15-10-8-14(9-11-15)13(2)19-20-18(22)12-26-17-7-5-4-6-16(17)21(23)24/h4-11H,3,12H2,1-2H3,(H,20,22)/b19-13-. The molecule has 0 radical (unpaired) electrons. The number of nitro groups is 1. The zero-order valence-electron chi connectivity index (χ0n) is 14.5. The number of amides is 1. The number of rotatable bonds is 8. The number of nitrogens with zero attached hydrogens (tertiary/aromatic N) is 2. The Bertz CT molecular complexity index is 803. The van der Waals surface area contributed by atoms with E-state index in [1.165, 1.54) is 18.2 Å². The zero-order chi connectivity index (χ0) is 18.9. The second-order valence-electron chi connectivity index (χ2n) is 5.20. The van der Waals surface area contributed by atoms with E-state index in [1.54, 1.807) is 13.0 Å². The molecular weight excluding hydrogens is 338 g/mol. The van der Waals surface area contributed by atoms with Crippen molar-refractivity contribution in [1.29, 1.82) is 0 Å². The van der Waals surface area contributed by atoms with Crippen LogP contribution < -0.4 is 14.9 Å². The zero-order valence-corrected chi connectivity index (χ0v) is 14.5. The van der Waals surface area contributed by atoms with Gasteiger partial charge in [0.05, 0.1) is 17.2 Å². The van der Waals surface area contributed by atoms with Crippen molar-refractivity contribution in [2.45, 2.75) is 13.8 Å². The van der Waals surface area contributed by atoms with Gasteiger partial charge in [0.1, 0.15) is 5.75 Å². The van der Waals surface area contributed by atoms with Gasteiger partial charge in [-0.25, -0.2) is 5.43 Å². The number of hydrogen-bond donors (Lipinski definition) is 1. The molecule has 0 aromatic heterocycles. The summed E-state index contributed by atoms with van der Waals surface area (Å²) in [6.07, 6.45) is 0. The van der Waals surface area contributed by atoms with E-state index in [4.69, 9.17) is 9.47 Å². The molecule has 2 rings (SSSR count). The molecule has 0 aliphatic carbocycles. The topological polar surface area (TPSA) is 103 Å². The van der Waals surface area contributed by atoms with Crippen LogP contribution in [0.3, 0.4) is 0 Å². The predicted octanol–water partition coefficient (Wildman–Crippen LogP) is 2.91. The van der Waals surface area contributed by atoms with Crippen LogP contribution in [0, 0.1) is 10.1 Å². The van der Waals surface area contributed by atoms with Crippen LogP contribution in [0.1, 0.15) is 19.4 Å². The number of hydrazone groups is 1. The number of ether oxygens (including phenoxy) is 2. The molecule has 0 fully saturated rings. The molecule has 26 heavy (non-hydrogen) atoms. The maximum atomic E-state index is 11.8. The molecule has 0 bridgehead atoms. The molecule has 2 aromatic rings. The lowest BCUT2D eigenvalue weighted by Crippen LogP contribution is -2.25. The molecule has 0 spiro atoms.